The van der Waals surface area contributed by atoms with E-state index in [4.69, 9.17) is 13.8 Å². The van der Waals surface area contributed by atoms with Gasteiger partial charge in [0.1, 0.15) is 19.3 Å². The van der Waals surface area contributed by atoms with Crippen molar-refractivity contribution in [1.82, 2.24) is 5.32 Å². The second-order valence-corrected chi connectivity index (χ2v) is 28.6. The molecule has 0 rings (SSSR count). The number of ether oxygens (including phenoxy) is 1. The van der Waals surface area contributed by atoms with Gasteiger partial charge >= 0.3 is 13.8 Å². The van der Waals surface area contributed by atoms with Crippen LogP contribution in [0, 0.1) is 0 Å². The van der Waals surface area contributed by atoms with Crippen molar-refractivity contribution in [3.05, 3.63) is 48.6 Å². The van der Waals surface area contributed by atoms with E-state index in [2.05, 4.69) is 68.6 Å². The SMILES string of the molecule is CCCCC/C=C\C/C=C\C/C=C\CCCCCCCCCCCCCCC(=O)NC(COP(=O)(O)OCC[N+](C)(C)C)C(/C=C/CCCCCCCCCCCCC)OC(=O)CCCCCCCCCCCCCCCCCCCCCCCCC. The van der Waals surface area contributed by atoms with Crippen molar-refractivity contribution in [2.24, 2.45) is 0 Å². The zero-order chi connectivity index (χ0) is 63.5. The van der Waals surface area contributed by atoms with Gasteiger partial charge in [-0.05, 0) is 70.3 Å². The Labute approximate surface area is 541 Å². The largest absolute Gasteiger partial charge is 0.472 e. The fourth-order valence-electron chi connectivity index (χ4n) is 11.4. The van der Waals surface area contributed by atoms with Crippen LogP contribution < -0.4 is 5.32 Å². The number of quaternary nitrogens is 1. The smallest absolute Gasteiger partial charge is 0.456 e. The van der Waals surface area contributed by atoms with E-state index < -0.39 is 20.0 Å². The molecular formula is C77H148N2O7P+. The van der Waals surface area contributed by atoms with Crippen molar-refractivity contribution >= 4 is 19.7 Å². The van der Waals surface area contributed by atoms with Crippen LogP contribution in [0.25, 0.3) is 0 Å². The van der Waals surface area contributed by atoms with E-state index in [1.165, 1.54) is 276 Å². The Hall–Kier alpha value is -2.03. The molecule has 0 aliphatic rings. The summed E-state index contributed by atoms with van der Waals surface area (Å²) < 4.78 is 30.9. The third kappa shape index (κ3) is 68.2. The summed E-state index contributed by atoms with van der Waals surface area (Å²) in [6.07, 6.45) is 85.6. The number of nitrogens with zero attached hydrogens (tertiary/aromatic N) is 1. The van der Waals surface area contributed by atoms with Crippen LogP contribution in [0.2, 0.25) is 0 Å². The number of unbranched alkanes of at least 4 members (excludes halogenated alkanes) is 48. The minimum absolute atomic E-state index is 0.0420. The van der Waals surface area contributed by atoms with E-state index in [-0.39, 0.29) is 25.1 Å². The molecule has 10 heteroatoms. The maximum atomic E-state index is 13.7. The predicted octanol–water partition coefficient (Wildman–Crippen LogP) is 24.4. The summed E-state index contributed by atoms with van der Waals surface area (Å²) in [5, 5.41) is 3.08. The average Bonchev–Trinajstić information content (AvgIpc) is 3.70. The Kier molecular flexibility index (Phi) is 65.3. The molecule has 0 saturated heterocycles. The number of rotatable bonds is 70. The van der Waals surface area contributed by atoms with Gasteiger partial charge in [-0.1, -0.05) is 346 Å². The number of hydrogen-bond donors (Lipinski definition) is 2. The van der Waals surface area contributed by atoms with Crippen molar-refractivity contribution in [3.8, 4) is 0 Å². The van der Waals surface area contributed by atoms with E-state index in [0.717, 1.165) is 70.6 Å². The van der Waals surface area contributed by atoms with Crippen LogP contribution in [0.5, 0.6) is 0 Å². The molecule has 0 radical (unpaired) electrons. The minimum atomic E-state index is -4.46. The lowest BCUT2D eigenvalue weighted by Gasteiger charge is -2.27. The highest BCUT2D eigenvalue weighted by molar-refractivity contribution is 7.47. The minimum Gasteiger partial charge on any atom is -0.456 e. The van der Waals surface area contributed by atoms with E-state index in [1.54, 1.807) is 0 Å². The third-order valence-electron chi connectivity index (χ3n) is 17.3. The fourth-order valence-corrected chi connectivity index (χ4v) is 12.2. The van der Waals surface area contributed by atoms with Gasteiger partial charge < -0.3 is 19.4 Å². The Balaban J connectivity index is 5.01. The number of nitrogens with one attached hydrogen (secondary N) is 1. The highest BCUT2D eigenvalue weighted by Gasteiger charge is 2.30. The van der Waals surface area contributed by atoms with Crippen LogP contribution in [0.1, 0.15) is 380 Å². The van der Waals surface area contributed by atoms with Gasteiger partial charge in [-0.15, -0.1) is 0 Å². The fraction of sp³-hybridized carbons (Fsp3) is 0.870. The Morgan fingerprint density at radius 1 is 0.402 bits per heavy atom. The van der Waals surface area contributed by atoms with Gasteiger partial charge in [0, 0.05) is 12.8 Å². The number of allylic oxidation sites excluding steroid dienone is 7. The van der Waals surface area contributed by atoms with Crippen LogP contribution in [0.3, 0.4) is 0 Å². The first-order chi connectivity index (χ1) is 42.4. The Morgan fingerprint density at radius 2 is 0.701 bits per heavy atom. The molecule has 3 atom stereocenters. The molecule has 0 aliphatic heterocycles. The van der Waals surface area contributed by atoms with Crippen molar-refractivity contribution in [3.63, 3.8) is 0 Å². The molecule has 0 aromatic rings. The van der Waals surface area contributed by atoms with Gasteiger partial charge in [0.2, 0.25) is 5.91 Å². The lowest BCUT2D eigenvalue weighted by molar-refractivity contribution is -0.870. The standard InChI is InChI=1S/C77H147N2O7P/c1-7-10-13-16-19-22-25-28-30-32-34-36-38-39-41-42-44-46-48-51-54-57-60-63-66-69-76(80)78-74(73-85-87(82,83)84-72-71-79(4,5)6)75(68-65-62-59-56-53-50-27-24-21-18-15-12-9-3)86-77(81)70-67-64-61-58-55-52-49-47-45-43-40-37-35-33-31-29-26-23-20-17-14-11-8-2/h19,22,28,30,34,36,65,68,74-75H,7-18,20-21,23-27,29,31-33,35,37-64,66-67,69-73H2,1-6H3,(H-,78,80,82,83)/p+1/b22-19-,30-28-,36-34-,68-65+. The third-order valence-corrected chi connectivity index (χ3v) is 18.3. The van der Waals surface area contributed by atoms with Crippen LogP contribution >= 0.6 is 7.82 Å². The van der Waals surface area contributed by atoms with Gasteiger partial charge in [0.05, 0.1) is 33.8 Å². The number of phosphoric acid groups is 1. The normalized spacial score (nSPS) is 13.7. The number of carbonyl (C=O) groups is 2. The van der Waals surface area contributed by atoms with Crippen LogP contribution in [-0.2, 0) is 27.9 Å². The molecule has 0 heterocycles. The highest BCUT2D eigenvalue weighted by atomic mass is 31.2. The first-order valence-electron chi connectivity index (χ1n) is 38.0. The van der Waals surface area contributed by atoms with E-state index in [1.807, 2.05) is 27.2 Å². The first kappa shape index (κ1) is 85.0. The van der Waals surface area contributed by atoms with Crippen LogP contribution in [0.4, 0.5) is 0 Å². The molecule has 3 unspecified atom stereocenters. The number of amides is 1. The average molecular weight is 1250 g/mol. The summed E-state index contributed by atoms with van der Waals surface area (Å²) in [4.78, 5) is 38.0. The highest BCUT2D eigenvalue weighted by Crippen LogP contribution is 2.43. The molecule has 2 N–H and O–H groups in total. The van der Waals surface area contributed by atoms with Crippen molar-refractivity contribution in [2.45, 2.75) is 392 Å². The second kappa shape index (κ2) is 66.9. The van der Waals surface area contributed by atoms with Crippen molar-refractivity contribution < 1.29 is 37.3 Å². The maximum absolute atomic E-state index is 13.7. The van der Waals surface area contributed by atoms with Crippen molar-refractivity contribution in [1.29, 1.82) is 0 Å². The molecule has 9 nitrogen and oxygen atoms in total. The monoisotopic (exact) mass is 1240 g/mol. The van der Waals surface area contributed by atoms with Gasteiger partial charge in [0.25, 0.3) is 0 Å². The van der Waals surface area contributed by atoms with E-state index in [0.29, 0.717) is 23.9 Å². The number of esters is 1. The molecular weight excluding hydrogens is 1100 g/mol. The molecule has 512 valence electrons. The molecule has 0 aliphatic carbocycles. The van der Waals surface area contributed by atoms with E-state index in [9.17, 15) is 19.0 Å². The summed E-state index contributed by atoms with van der Waals surface area (Å²) in [5.74, 6) is -0.486. The molecule has 0 fully saturated rings. The molecule has 0 aromatic heterocycles. The zero-order valence-corrected chi connectivity index (χ0v) is 59.7. The molecule has 0 bridgehead atoms. The maximum Gasteiger partial charge on any atom is 0.472 e. The Morgan fingerprint density at radius 3 is 1.07 bits per heavy atom. The summed E-state index contributed by atoms with van der Waals surface area (Å²) in [7, 11) is 1.51. The topological polar surface area (TPSA) is 111 Å². The van der Waals surface area contributed by atoms with Gasteiger partial charge in [0.15, 0.2) is 0 Å². The number of likely N-dealkylation sites (N-methyl/N-ethyl adjacent to an activating group) is 1. The van der Waals surface area contributed by atoms with Gasteiger partial charge in [-0.3, -0.25) is 18.6 Å². The molecule has 1 amide bonds. The summed E-state index contributed by atoms with van der Waals surface area (Å²) in [6.45, 7) is 7.05. The van der Waals surface area contributed by atoms with E-state index >= 15 is 0 Å². The quantitative estimate of drug-likeness (QED) is 0.0205. The van der Waals surface area contributed by atoms with Gasteiger partial charge in [-0.25, -0.2) is 4.57 Å². The first-order valence-corrected chi connectivity index (χ1v) is 39.5. The lowest BCUT2D eigenvalue weighted by Crippen LogP contribution is -2.47. The summed E-state index contributed by atoms with van der Waals surface area (Å²) >= 11 is 0. The number of phosphoric ester groups is 1. The lowest BCUT2D eigenvalue weighted by atomic mass is 10.0. The molecule has 0 saturated carbocycles. The van der Waals surface area contributed by atoms with Gasteiger partial charge in [-0.2, -0.15) is 0 Å². The molecule has 87 heavy (non-hydrogen) atoms. The summed E-state index contributed by atoms with van der Waals surface area (Å²) in [6, 6.07) is -0.848. The van der Waals surface area contributed by atoms with Crippen LogP contribution in [-0.4, -0.2) is 74.3 Å². The van der Waals surface area contributed by atoms with Crippen LogP contribution in [0.15, 0.2) is 48.6 Å². The molecule has 0 aromatic carbocycles. The predicted molar refractivity (Wildman–Crippen MR) is 379 cm³/mol. The number of carbonyl (C=O) groups excluding carboxylic acids is 2. The second-order valence-electron chi connectivity index (χ2n) is 27.2. The summed E-state index contributed by atoms with van der Waals surface area (Å²) in [5.41, 5.74) is 0. The Bertz CT molecular complexity index is 1620. The zero-order valence-electron chi connectivity index (χ0n) is 58.8. The van der Waals surface area contributed by atoms with Crippen molar-refractivity contribution in [2.75, 3.05) is 40.9 Å². The molecule has 0 spiro atoms. The number of hydrogen-bond acceptors (Lipinski definition) is 6.